The predicted octanol–water partition coefficient (Wildman–Crippen LogP) is 6.24. The molecular weight excluding hydrogens is 470 g/mol. The summed E-state index contributed by atoms with van der Waals surface area (Å²) < 4.78 is 24.9. The van der Waals surface area contributed by atoms with Crippen LogP contribution in [0, 0.1) is 13.8 Å². The summed E-state index contributed by atoms with van der Waals surface area (Å²) in [6.07, 6.45) is 0. The molecule has 0 aliphatic carbocycles. The third-order valence-electron chi connectivity index (χ3n) is 9.07. The fourth-order valence-corrected chi connectivity index (χ4v) is 5.04. The molecule has 0 saturated carbocycles. The van der Waals surface area contributed by atoms with Crippen LogP contribution in [0.1, 0.15) is 66.5 Å². The Morgan fingerprint density at radius 3 is 0.974 bits per heavy atom. The third kappa shape index (κ3) is 4.66. The summed E-state index contributed by atoms with van der Waals surface area (Å²) in [5.41, 5.74) is 8.03. The molecule has 0 atom stereocenters. The van der Waals surface area contributed by atoms with E-state index < -0.39 is 0 Å². The van der Waals surface area contributed by atoms with Crippen LogP contribution in [0.3, 0.4) is 0 Å². The Morgan fingerprint density at radius 2 is 0.711 bits per heavy atom. The Balaban J connectivity index is 1.36. The zero-order valence-corrected chi connectivity index (χ0v) is 24.6. The maximum Gasteiger partial charge on any atom is 0.494 e. The Hall–Kier alpha value is -2.37. The van der Waals surface area contributed by atoms with E-state index in [9.17, 15) is 0 Å². The van der Waals surface area contributed by atoms with Crippen molar-refractivity contribution < 1.29 is 18.6 Å². The molecule has 2 aliphatic rings. The molecule has 0 bridgehead atoms. The van der Waals surface area contributed by atoms with E-state index in [0.29, 0.717) is 0 Å². The monoisotopic (exact) mass is 510 g/mol. The van der Waals surface area contributed by atoms with Crippen molar-refractivity contribution in [2.24, 2.45) is 0 Å². The van der Waals surface area contributed by atoms with Gasteiger partial charge in [-0.1, -0.05) is 60.7 Å². The van der Waals surface area contributed by atoms with Gasteiger partial charge in [0, 0.05) is 0 Å². The smallest absolute Gasteiger partial charge is 0.399 e. The van der Waals surface area contributed by atoms with Gasteiger partial charge in [-0.15, -0.1) is 0 Å². The van der Waals surface area contributed by atoms with Crippen LogP contribution < -0.4 is 10.9 Å². The number of hydrogen-bond acceptors (Lipinski definition) is 4. The predicted molar refractivity (Wildman–Crippen MR) is 158 cm³/mol. The van der Waals surface area contributed by atoms with Crippen LogP contribution in [0.15, 0.2) is 60.7 Å². The Morgan fingerprint density at radius 1 is 0.447 bits per heavy atom. The maximum absolute atomic E-state index is 6.23. The molecule has 4 nitrogen and oxygen atoms in total. The topological polar surface area (TPSA) is 36.9 Å². The van der Waals surface area contributed by atoms with Gasteiger partial charge in [-0.05, 0) is 114 Å². The molecular formula is C32H40B2O4. The zero-order valence-electron chi connectivity index (χ0n) is 24.6. The molecule has 198 valence electrons. The van der Waals surface area contributed by atoms with Crippen molar-refractivity contribution in [3.05, 3.63) is 71.8 Å². The minimum Gasteiger partial charge on any atom is -0.399 e. The lowest BCUT2D eigenvalue weighted by molar-refractivity contribution is 0.00578. The van der Waals surface area contributed by atoms with Crippen molar-refractivity contribution in [3.63, 3.8) is 0 Å². The van der Waals surface area contributed by atoms with Gasteiger partial charge in [-0.2, -0.15) is 0 Å². The van der Waals surface area contributed by atoms with Crippen LogP contribution in [-0.4, -0.2) is 36.6 Å². The first-order valence-corrected chi connectivity index (χ1v) is 13.6. The summed E-state index contributed by atoms with van der Waals surface area (Å²) in [7, 11) is -0.696. The fourth-order valence-electron chi connectivity index (χ4n) is 5.04. The minimum atomic E-state index is -0.348. The lowest BCUT2D eigenvalue weighted by atomic mass is 9.78. The second kappa shape index (κ2) is 9.09. The van der Waals surface area contributed by atoms with Gasteiger partial charge in [0.1, 0.15) is 0 Å². The van der Waals surface area contributed by atoms with Crippen molar-refractivity contribution in [2.45, 2.75) is 91.6 Å². The van der Waals surface area contributed by atoms with Gasteiger partial charge >= 0.3 is 14.2 Å². The normalized spacial score (nSPS) is 21.2. The first kappa shape index (κ1) is 27.2. The molecule has 3 aromatic carbocycles. The highest BCUT2D eigenvalue weighted by Crippen LogP contribution is 2.38. The second-order valence-electron chi connectivity index (χ2n) is 12.9. The van der Waals surface area contributed by atoms with E-state index in [1.165, 1.54) is 33.4 Å². The zero-order chi connectivity index (χ0) is 27.7. The van der Waals surface area contributed by atoms with Gasteiger partial charge in [0.25, 0.3) is 0 Å². The van der Waals surface area contributed by atoms with Crippen LogP contribution in [-0.2, 0) is 18.6 Å². The summed E-state index contributed by atoms with van der Waals surface area (Å²) in [6.45, 7) is 21.0. The Kier molecular flexibility index (Phi) is 6.51. The highest BCUT2D eigenvalue weighted by atomic mass is 16.7. The molecule has 0 aromatic heterocycles. The van der Waals surface area contributed by atoms with Crippen LogP contribution >= 0.6 is 0 Å². The largest absolute Gasteiger partial charge is 0.494 e. The standard InChI is InChI=1S/C32H40B2O4/c1-21-19-28(24-13-17-26(18-14-24)34-37-31(7,8)32(9,10)38-34)22(2)20-27(21)23-11-15-25(16-12-23)33-35-29(3,4)30(5,6)36-33/h11-20H,1-10H3. The number of hydrogen-bond donors (Lipinski definition) is 0. The minimum absolute atomic E-state index is 0.345. The van der Waals surface area contributed by atoms with Crippen LogP contribution in [0.5, 0.6) is 0 Å². The van der Waals surface area contributed by atoms with Crippen molar-refractivity contribution in [1.29, 1.82) is 0 Å². The average Bonchev–Trinajstić information content (AvgIpc) is 3.20. The summed E-state index contributed by atoms with van der Waals surface area (Å²) in [6, 6.07) is 21.7. The highest BCUT2D eigenvalue weighted by Gasteiger charge is 2.52. The molecule has 38 heavy (non-hydrogen) atoms. The lowest BCUT2D eigenvalue weighted by Crippen LogP contribution is -2.41. The molecule has 0 N–H and O–H groups in total. The molecule has 0 amide bonds. The van der Waals surface area contributed by atoms with Gasteiger partial charge in [-0.25, -0.2) is 0 Å². The van der Waals surface area contributed by atoms with E-state index in [1.54, 1.807) is 0 Å². The first-order chi connectivity index (χ1) is 17.6. The number of aryl methyl sites for hydroxylation is 2. The van der Waals surface area contributed by atoms with Crippen molar-refractivity contribution in [1.82, 2.24) is 0 Å². The van der Waals surface area contributed by atoms with E-state index in [1.807, 2.05) is 0 Å². The Bertz CT molecular complexity index is 1200. The quantitative estimate of drug-likeness (QED) is 0.390. The van der Waals surface area contributed by atoms with E-state index in [0.717, 1.165) is 10.9 Å². The van der Waals surface area contributed by atoms with Crippen LogP contribution in [0.2, 0.25) is 0 Å². The van der Waals surface area contributed by atoms with E-state index >= 15 is 0 Å². The fraction of sp³-hybridized carbons (Fsp3) is 0.438. The first-order valence-electron chi connectivity index (χ1n) is 13.6. The maximum atomic E-state index is 6.23. The molecule has 2 saturated heterocycles. The van der Waals surface area contributed by atoms with Crippen molar-refractivity contribution in [3.8, 4) is 22.3 Å². The lowest BCUT2D eigenvalue weighted by Gasteiger charge is -2.32. The number of rotatable bonds is 4. The summed E-state index contributed by atoms with van der Waals surface area (Å²) in [5.74, 6) is 0. The van der Waals surface area contributed by atoms with Gasteiger partial charge in [0.15, 0.2) is 0 Å². The molecule has 0 spiro atoms. The Labute approximate surface area is 229 Å². The van der Waals surface area contributed by atoms with E-state index in [-0.39, 0.29) is 36.6 Å². The molecule has 2 aliphatic heterocycles. The van der Waals surface area contributed by atoms with Gasteiger partial charge < -0.3 is 18.6 Å². The van der Waals surface area contributed by atoms with Gasteiger partial charge in [0.2, 0.25) is 0 Å². The summed E-state index contributed by atoms with van der Waals surface area (Å²) in [5, 5.41) is 0. The summed E-state index contributed by atoms with van der Waals surface area (Å²) in [4.78, 5) is 0. The van der Waals surface area contributed by atoms with E-state index in [4.69, 9.17) is 18.6 Å². The molecule has 2 fully saturated rings. The molecule has 5 rings (SSSR count). The third-order valence-corrected chi connectivity index (χ3v) is 9.07. The van der Waals surface area contributed by atoms with Crippen molar-refractivity contribution >= 4 is 25.2 Å². The average molecular weight is 510 g/mol. The van der Waals surface area contributed by atoms with Crippen LogP contribution in [0.4, 0.5) is 0 Å². The van der Waals surface area contributed by atoms with E-state index in [2.05, 4.69) is 130 Å². The molecule has 3 aromatic rings. The molecule has 6 heteroatoms. The molecule has 2 heterocycles. The SMILES string of the molecule is Cc1cc(-c2ccc(B3OC(C)(C)C(C)(C)O3)cc2)c(C)cc1-c1ccc(B2OC(C)(C)C(C)(C)O2)cc1. The molecule has 0 radical (unpaired) electrons. The summed E-state index contributed by atoms with van der Waals surface area (Å²) >= 11 is 0. The highest BCUT2D eigenvalue weighted by molar-refractivity contribution is 6.62. The second-order valence-corrected chi connectivity index (χ2v) is 12.9. The van der Waals surface area contributed by atoms with Crippen molar-refractivity contribution in [2.75, 3.05) is 0 Å². The number of benzene rings is 3. The van der Waals surface area contributed by atoms with Gasteiger partial charge in [-0.3, -0.25) is 0 Å². The molecule has 0 unspecified atom stereocenters. The van der Waals surface area contributed by atoms with Gasteiger partial charge in [0.05, 0.1) is 22.4 Å². The van der Waals surface area contributed by atoms with Crippen LogP contribution in [0.25, 0.3) is 22.3 Å².